The van der Waals surface area contributed by atoms with Gasteiger partial charge in [-0.3, -0.25) is 0 Å². The molecule has 3 nitrogen and oxygen atoms in total. The number of thiophene rings is 1. The molecule has 0 bridgehead atoms. The van der Waals surface area contributed by atoms with E-state index in [1.54, 1.807) is 11.3 Å². The molecule has 0 saturated heterocycles. The first kappa shape index (κ1) is 13.7. The molecule has 96 valence electrons. The summed E-state index contributed by atoms with van der Waals surface area (Å²) in [4.78, 5) is 17.1. The molecule has 0 saturated carbocycles. The van der Waals surface area contributed by atoms with Crippen molar-refractivity contribution in [2.45, 2.75) is 26.2 Å². The number of halogens is 1. The van der Waals surface area contributed by atoms with Crippen LogP contribution in [0.4, 0.5) is 0 Å². The lowest BCUT2D eigenvalue weighted by atomic mass is 9.91. The molecule has 0 spiro atoms. The summed E-state index contributed by atoms with van der Waals surface area (Å²) in [5, 5.41) is 10.0. The number of nitrogens with zero attached hydrogens (tertiary/aromatic N) is 1. The minimum atomic E-state index is -0.903. The number of carboxylic acids is 1. The van der Waals surface area contributed by atoms with Gasteiger partial charge in [0.1, 0.15) is 9.88 Å². The van der Waals surface area contributed by atoms with Gasteiger partial charge < -0.3 is 5.11 Å². The third-order valence-electron chi connectivity index (χ3n) is 2.32. The van der Waals surface area contributed by atoms with E-state index >= 15 is 0 Å². The van der Waals surface area contributed by atoms with Gasteiger partial charge in [-0.1, -0.05) is 20.8 Å². The molecule has 0 aliphatic heterocycles. The Morgan fingerprint density at radius 2 is 2.00 bits per heavy atom. The topological polar surface area (TPSA) is 50.2 Å². The average molecular weight is 346 g/mol. The van der Waals surface area contributed by atoms with E-state index in [1.165, 1.54) is 11.3 Å². The second-order valence-corrected chi connectivity index (χ2v) is 8.32. The zero-order chi connectivity index (χ0) is 13.5. The maximum absolute atomic E-state index is 11.3. The second kappa shape index (κ2) is 4.75. The summed E-state index contributed by atoms with van der Waals surface area (Å²) in [6.45, 7) is 5.92. The molecule has 0 fully saturated rings. The van der Waals surface area contributed by atoms with Gasteiger partial charge in [-0.2, -0.15) is 0 Å². The van der Waals surface area contributed by atoms with E-state index in [-0.39, 0.29) is 5.41 Å². The fourth-order valence-corrected chi connectivity index (χ4v) is 4.06. The van der Waals surface area contributed by atoms with E-state index < -0.39 is 5.97 Å². The first-order valence-electron chi connectivity index (χ1n) is 5.29. The van der Waals surface area contributed by atoms with Gasteiger partial charge in [0.05, 0.1) is 14.4 Å². The molecule has 0 aromatic carbocycles. The third kappa shape index (κ3) is 2.65. The van der Waals surface area contributed by atoms with Gasteiger partial charge in [-0.25, -0.2) is 9.78 Å². The standard InChI is InChI=1S/C12H12BrNO2S2/c1-12(2,3)9-8(11(15)16)18-10(14-9)6-4-5-7(13)17-6/h4-5H,1-3H3,(H,15,16). The van der Waals surface area contributed by atoms with Crippen molar-refractivity contribution < 1.29 is 9.90 Å². The quantitative estimate of drug-likeness (QED) is 0.863. The lowest BCUT2D eigenvalue weighted by Gasteiger charge is -2.15. The van der Waals surface area contributed by atoms with Crippen LogP contribution in [0.25, 0.3) is 9.88 Å². The van der Waals surface area contributed by atoms with Crippen molar-refractivity contribution in [3.8, 4) is 9.88 Å². The van der Waals surface area contributed by atoms with Crippen molar-refractivity contribution in [2.24, 2.45) is 0 Å². The highest BCUT2D eigenvalue weighted by Crippen LogP contribution is 2.38. The molecule has 0 aliphatic rings. The first-order chi connectivity index (χ1) is 8.29. The van der Waals surface area contributed by atoms with Crippen molar-refractivity contribution >= 4 is 44.6 Å². The van der Waals surface area contributed by atoms with Crippen molar-refractivity contribution in [2.75, 3.05) is 0 Å². The summed E-state index contributed by atoms with van der Waals surface area (Å²) >= 11 is 6.20. The van der Waals surface area contributed by atoms with Gasteiger partial charge in [-0.15, -0.1) is 22.7 Å². The van der Waals surface area contributed by atoms with Crippen LogP contribution in [0.15, 0.2) is 15.9 Å². The van der Waals surface area contributed by atoms with Crippen LogP contribution >= 0.6 is 38.6 Å². The van der Waals surface area contributed by atoms with Crippen molar-refractivity contribution in [1.29, 1.82) is 0 Å². The minimum absolute atomic E-state index is 0.267. The van der Waals surface area contributed by atoms with Crippen LogP contribution in [0.3, 0.4) is 0 Å². The normalized spacial score (nSPS) is 11.8. The van der Waals surface area contributed by atoms with Gasteiger partial charge in [0, 0.05) is 5.41 Å². The molecular formula is C12H12BrNO2S2. The smallest absolute Gasteiger partial charge is 0.347 e. The van der Waals surface area contributed by atoms with Crippen LogP contribution in [0.2, 0.25) is 0 Å². The SMILES string of the molecule is CC(C)(C)c1nc(-c2ccc(Br)s2)sc1C(=O)O. The van der Waals surface area contributed by atoms with Gasteiger partial charge in [-0.05, 0) is 28.1 Å². The van der Waals surface area contributed by atoms with Crippen molar-refractivity contribution in [1.82, 2.24) is 4.98 Å². The number of aromatic nitrogens is 1. The Balaban J connectivity index is 2.56. The molecule has 0 aliphatic carbocycles. The van der Waals surface area contributed by atoms with Crippen LogP contribution in [0.5, 0.6) is 0 Å². The van der Waals surface area contributed by atoms with Gasteiger partial charge in [0.25, 0.3) is 0 Å². The van der Waals surface area contributed by atoms with Crippen LogP contribution < -0.4 is 0 Å². The molecule has 0 atom stereocenters. The van der Waals surface area contributed by atoms with E-state index in [1.807, 2.05) is 32.9 Å². The summed E-state index contributed by atoms with van der Waals surface area (Å²) < 4.78 is 1.02. The Morgan fingerprint density at radius 1 is 1.33 bits per heavy atom. The molecule has 18 heavy (non-hydrogen) atoms. The molecular weight excluding hydrogens is 334 g/mol. The van der Waals surface area contributed by atoms with Crippen molar-refractivity contribution in [3.63, 3.8) is 0 Å². The lowest BCUT2D eigenvalue weighted by molar-refractivity contribution is 0.0699. The molecule has 6 heteroatoms. The summed E-state index contributed by atoms with van der Waals surface area (Å²) in [7, 11) is 0. The number of thiazole rings is 1. The van der Waals surface area contributed by atoms with E-state index in [9.17, 15) is 9.90 Å². The van der Waals surface area contributed by atoms with Gasteiger partial charge in [0.2, 0.25) is 0 Å². The zero-order valence-corrected chi connectivity index (χ0v) is 13.4. The predicted octanol–water partition coefficient (Wildman–Crippen LogP) is 4.63. The molecule has 2 aromatic heterocycles. The van der Waals surface area contributed by atoms with E-state index in [4.69, 9.17) is 0 Å². The van der Waals surface area contributed by atoms with Crippen LogP contribution in [-0.4, -0.2) is 16.1 Å². The predicted molar refractivity (Wildman–Crippen MR) is 78.8 cm³/mol. The molecule has 2 aromatic rings. The van der Waals surface area contributed by atoms with Crippen LogP contribution in [-0.2, 0) is 5.41 Å². The zero-order valence-electron chi connectivity index (χ0n) is 10.2. The number of carboxylic acid groups (broad SMARTS) is 1. The third-order valence-corrected chi connectivity index (χ3v) is 5.15. The van der Waals surface area contributed by atoms with Crippen LogP contribution in [0, 0.1) is 0 Å². The molecule has 0 radical (unpaired) electrons. The minimum Gasteiger partial charge on any atom is -0.477 e. The van der Waals surface area contributed by atoms with Gasteiger partial charge in [0.15, 0.2) is 0 Å². The maximum Gasteiger partial charge on any atom is 0.347 e. The summed E-state index contributed by atoms with van der Waals surface area (Å²) in [5.41, 5.74) is 0.385. The molecule has 0 amide bonds. The fraction of sp³-hybridized carbons (Fsp3) is 0.333. The van der Waals surface area contributed by atoms with E-state index in [0.29, 0.717) is 10.6 Å². The summed E-state index contributed by atoms with van der Waals surface area (Å²) in [6.07, 6.45) is 0. The van der Waals surface area contributed by atoms with E-state index in [2.05, 4.69) is 20.9 Å². The number of hydrogen-bond donors (Lipinski definition) is 1. The number of hydrogen-bond acceptors (Lipinski definition) is 4. The Bertz CT molecular complexity index is 595. The number of rotatable bonds is 2. The van der Waals surface area contributed by atoms with Crippen molar-refractivity contribution in [3.05, 3.63) is 26.5 Å². The lowest BCUT2D eigenvalue weighted by Crippen LogP contribution is -2.16. The molecule has 1 N–H and O–H groups in total. The summed E-state index contributed by atoms with van der Waals surface area (Å²) in [5.74, 6) is -0.903. The average Bonchev–Trinajstić information content (AvgIpc) is 2.81. The van der Waals surface area contributed by atoms with Gasteiger partial charge >= 0.3 is 5.97 Å². The maximum atomic E-state index is 11.3. The molecule has 2 heterocycles. The highest BCUT2D eigenvalue weighted by atomic mass is 79.9. The Morgan fingerprint density at radius 3 is 2.39 bits per heavy atom. The Hall–Kier alpha value is -0.720. The highest BCUT2D eigenvalue weighted by Gasteiger charge is 2.27. The molecule has 2 rings (SSSR count). The Labute approximate surface area is 122 Å². The van der Waals surface area contributed by atoms with Crippen LogP contribution in [0.1, 0.15) is 36.1 Å². The summed E-state index contributed by atoms with van der Waals surface area (Å²) in [6, 6.07) is 3.89. The first-order valence-corrected chi connectivity index (χ1v) is 7.72. The van der Waals surface area contributed by atoms with E-state index in [0.717, 1.165) is 13.7 Å². The highest BCUT2D eigenvalue weighted by molar-refractivity contribution is 9.11. The largest absolute Gasteiger partial charge is 0.477 e. The fourth-order valence-electron chi connectivity index (χ4n) is 1.51. The monoisotopic (exact) mass is 345 g/mol. The number of carbonyl (C=O) groups is 1. The molecule has 0 unspecified atom stereocenters. The second-order valence-electron chi connectivity index (χ2n) is 4.86. The Kier molecular flexibility index (Phi) is 3.62. The number of aromatic carboxylic acids is 1.